The van der Waals surface area contributed by atoms with E-state index in [1.807, 2.05) is 13.0 Å². The van der Waals surface area contributed by atoms with Gasteiger partial charge in [0.2, 0.25) is 0 Å². The number of nitrogens with one attached hydrogen (secondary N) is 2. The average molecular weight is 298 g/mol. The molecule has 0 radical (unpaired) electrons. The lowest BCUT2D eigenvalue weighted by molar-refractivity contribution is 0.864. The summed E-state index contributed by atoms with van der Waals surface area (Å²) in [6.07, 6.45) is 0. The highest BCUT2D eigenvalue weighted by atomic mass is 35.5. The van der Waals surface area contributed by atoms with Crippen molar-refractivity contribution < 1.29 is 0 Å². The first-order valence-corrected chi connectivity index (χ1v) is 6.51. The van der Waals surface area contributed by atoms with Crippen LogP contribution in [0.25, 0.3) is 0 Å². The third-order valence-corrected chi connectivity index (χ3v) is 3.22. The van der Waals surface area contributed by atoms with Gasteiger partial charge < -0.3 is 10.3 Å². The Balaban J connectivity index is 2.25. The van der Waals surface area contributed by atoms with Gasteiger partial charge in [-0.3, -0.25) is 4.79 Å². The second-order valence-corrected chi connectivity index (χ2v) is 5.09. The van der Waals surface area contributed by atoms with Gasteiger partial charge >= 0.3 is 0 Å². The molecule has 1 unspecified atom stereocenters. The summed E-state index contributed by atoms with van der Waals surface area (Å²) < 4.78 is 0. The van der Waals surface area contributed by atoms with Crippen molar-refractivity contribution in [2.45, 2.75) is 19.9 Å². The van der Waals surface area contributed by atoms with Crippen LogP contribution in [0.2, 0.25) is 10.0 Å². The van der Waals surface area contributed by atoms with E-state index in [4.69, 9.17) is 23.2 Å². The Labute approximate surface area is 120 Å². The molecule has 19 heavy (non-hydrogen) atoms. The summed E-state index contributed by atoms with van der Waals surface area (Å²) >= 11 is 12.0. The first kappa shape index (κ1) is 13.9. The minimum absolute atomic E-state index is 0.0848. The minimum atomic E-state index is -0.190. The van der Waals surface area contributed by atoms with Gasteiger partial charge in [0.1, 0.15) is 11.6 Å². The Hall–Kier alpha value is -1.52. The van der Waals surface area contributed by atoms with Crippen LogP contribution < -0.4 is 10.9 Å². The summed E-state index contributed by atoms with van der Waals surface area (Å²) in [5, 5.41) is 4.31. The highest BCUT2D eigenvalue weighted by Crippen LogP contribution is 2.27. The zero-order valence-corrected chi connectivity index (χ0v) is 12.0. The summed E-state index contributed by atoms with van der Waals surface area (Å²) in [5.74, 6) is 1.07. The molecule has 0 aliphatic carbocycles. The Morgan fingerprint density at radius 1 is 1.32 bits per heavy atom. The summed E-state index contributed by atoms with van der Waals surface area (Å²) in [6.45, 7) is 3.67. The maximum Gasteiger partial charge on any atom is 0.252 e. The van der Waals surface area contributed by atoms with E-state index in [0.717, 1.165) is 5.56 Å². The van der Waals surface area contributed by atoms with Crippen LogP contribution in [0.5, 0.6) is 0 Å². The van der Waals surface area contributed by atoms with Crippen LogP contribution in [-0.2, 0) is 0 Å². The van der Waals surface area contributed by atoms with Gasteiger partial charge in [0, 0.05) is 16.1 Å². The number of aromatic amines is 1. The van der Waals surface area contributed by atoms with Crippen molar-refractivity contribution in [1.29, 1.82) is 0 Å². The van der Waals surface area contributed by atoms with E-state index in [1.54, 1.807) is 19.1 Å². The van der Waals surface area contributed by atoms with Crippen LogP contribution in [0, 0.1) is 6.92 Å². The number of hydrogen-bond acceptors (Lipinski definition) is 3. The van der Waals surface area contributed by atoms with Gasteiger partial charge in [-0.05, 0) is 31.5 Å². The van der Waals surface area contributed by atoms with E-state index >= 15 is 0 Å². The topological polar surface area (TPSA) is 57.8 Å². The number of nitrogens with zero attached hydrogens (tertiary/aromatic N) is 1. The van der Waals surface area contributed by atoms with Gasteiger partial charge in [-0.2, -0.15) is 0 Å². The van der Waals surface area contributed by atoms with Crippen molar-refractivity contribution in [1.82, 2.24) is 9.97 Å². The maximum absolute atomic E-state index is 11.4. The molecular formula is C13H13Cl2N3O. The van der Waals surface area contributed by atoms with Crippen molar-refractivity contribution >= 4 is 29.0 Å². The van der Waals surface area contributed by atoms with Crippen LogP contribution in [0.4, 0.5) is 5.82 Å². The van der Waals surface area contributed by atoms with E-state index < -0.39 is 0 Å². The number of rotatable bonds is 3. The van der Waals surface area contributed by atoms with Crippen molar-refractivity contribution in [3.05, 3.63) is 56.1 Å². The van der Waals surface area contributed by atoms with Crippen molar-refractivity contribution in [2.75, 3.05) is 5.32 Å². The zero-order valence-electron chi connectivity index (χ0n) is 10.5. The molecule has 0 aliphatic heterocycles. The summed E-state index contributed by atoms with van der Waals surface area (Å²) in [5.41, 5.74) is 0.704. The van der Waals surface area contributed by atoms with Crippen LogP contribution in [0.1, 0.15) is 24.4 Å². The molecule has 0 spiro atoms. The fraction of sp³-hybridized carbons (Fsp3) is 0.231. The molecular weight excluding hydrogens is 285 g/mol. The highest BCUT2D eigenvalue weighted by molar-refractivity contribution is 6.35. The van der Waals surface area contributed by atoms with Crippen LogP contribution in [-0.4, -0.2) is 9.97 Å². The molecule has 1 heterocycles. The monoisotopic (exact) mass is 297 g/mol. The zero-order chi connectivity index (χ0) is 14.0. The predicted molar refractivity (Wildman–Crippen MR) is 78.1 cm³/mol. The minimum Gasteiger partial charge on any atom is -0.363 e. The van der Waals surface area contributed by atoms with Crippen LogP contribution in [0.3, 0.4) is 0 Å². The van der Waals surface area contributed by atoms with Crippen LogP contribution >= 0.6 is 23.2 Å². The normalized spacial score (nSPS) is 12.2. The summed E-state index contributed by atoms with van der Waals surface area (Å²) in [7, 11) is 0. The molecule has 2 rings (SSSR count). The summed E-state index contributed by atoms with van der Waals surface area (Å²) in [6, 6.07) is 6.64. The highest BCUT2D eigenvalue weighted by Gasteiger charge is 2.11. The SMILES string of the molecule is Cc1nc(NC(C)c2ccc(Cl)cc2Cl)cc(=O)[nH]1. The van der Waals surface area contributed by atoms with Gasteiger partial charge in [0.15, 0.2) is 0 Å². The standard InChI is InChI=1S/C13H13Cl2N3O/c1-7(10-4-3-9(14)5-11(10)15)16-12-6-13(19)18-8(2)17-12/h3-7H,1-2H3,(H2,16,17,18,19). The van der Waals surface area contributed by atoms with E-state index in [0.29, 0.717) is 21.7 Å². The molecule has 4 nitrogen and oxygen atoms in total. The first-order valence-electron chi connectivity index (χ1n) is 5.75. The Bertz CT molecular complexity index is 655. The number of benzene rings is 1. The van der Waals surface area contributed by atoms with Gasteiger partial charge in [-0.1, -0.05) is 29.3 Å². The summed E-state index contributed by atoms with van der Waals surface area (Å²) in [4.78, 5) is 18.2. The third-order valence-electron chi connectivity index (χ3n) is 2.65. The van der Waals surface area contributed by atoms with Crippen molar-refractivity contribution in [3.8, 4) is 0 Å². The molecule has 0 fully saturated rings. The number of aryl methyl sites for hydroxylation is 1. The molecule has 6 heteroatoms. The molecule has 100 valence electrons. The number of H-pyrrole nitrogens is 1. The van der Waals surface area contributed by atoms with E-state index in [9.17, 15) is 4.79 Å². The Morgan fingerprint density at radius 3 is 2.68 bits per heavy atom. The molecule has 2 N–H and O–H groups in total. The van der Waals surface area contributed by atoms with E-state index in [2.05, 4.69) is 15.3 Å². The molecule has 1 aromatic carbocycles. The molecule has 1 aromatic heterocycles. The number of hydrogen-bond donors (Lipinski definition) is 2. The second kappa shape index (κ2) is 5.63. The molecule has 0 amide bonds. The smallest absolute Gasteiger partial charge is 0.252 e. The molecule has 1 atom stereocenters. The lowest BCUT2D eigenvalue weighted by Crippen LogP contribution is -2.14. The predicted octanol–water partition coefficient (Wildman–Crippen LogP) is 3.56. The number of halogens is 2. The average Bonchev–Trinajstić information content (AvgIpc) is 2.26. The quantitative estimate of drug-likeness (QED) is 0.911. The third kappa shape index (κ3) is 3.49. The van der Waals surface area contributed by atoms with Gasteiger partial charge in [0.05, 0.1) is 6.04 Å². The van der Waals surface area contributed by atoms with Crippen molar-refractivity contribution in [2.24, 2.45) is 0 Å². The number of anilines is 1. The van der Waals surface area contributed by atoms with Crippen LogP contribution in [0.15, 0.2) is 29.1 Å². The molecule has 0 saturated carbocycles. The van der Waals surface area contributed by atoms with Crippen molar-refractivity contribution in [3.63, 3.8) is 0 Å². The molecule has 0 bridgehead atoms. The van der Waals surface area contributed by atoms with Gasteiger partial charge in [-0.25, -0.2) is 4.98 Å². The Kier molecular flexibility index (Phi) is 4.12. The van der Waals surface area contributed by atoms with E-state index in [-0.39, 0.29) is 11.6 Å². The lowest BCUT2D eigenvalue weighted by Gasteiger charge is -2.16. The first-order chi connectivity index (χ1) is 8.95. The fourth-order valence-electron chi connectivity index (χ4n) is 1.81. The fourth-order valence-corrected chi connectivity index (χ4v) is 2.38. The van der Waals surface area contributed by atoms with Gasteiger partial charge in [0.25, 0.3) is 5.56 Å². The number of aromatic nitrogens is 2. The second-order valence-electron chi connectivity index (χ2n) is 4.25. The van der Waals surface area contributed by atoms with Gasteiger partial charge in [-0.15, -0.1) is 0 Å². The van der Waals surface area contributed by atoms with E-state index in [1.165, 1.54) is 6.07 Å². The molecule has 0 aliphatic rings. The molecule has 0 saturated heterocycles. The largest absolute Gasteiger partial charge is 0.363 e. The molecule has 2 aromatic rings. The Morgan fingerprint density at radius 2 is 2.05 bits per heavy atom. The lowest BCUT2D eigenvalue weighted by atomic mass is 10.1. The maximum atomic E-state index is 11.4.